The molecule has 0 amide bonds. The van der Waals surface area contributed by atoms with Gasteiger partial charge in [-0.25, -0.2) is 0 Å². The molecular weight excluding hydrogens is 278 g/mol. The Morgan fingerprint density at radius 2 is 1.95 bits per heavy atom. The molecule has 1 rings (SSSR count). The van der Waals surface area contributed by atoms with Crippen molar-refractivity contribution in [3.05, 3.63) is 23.8 Å². The average Bonchev–Trinajstić information content (AvgIpc) is 2.39. The molecule has 0 radical (unpaired) electrons. The molecule has 1 aromatic carbocycles. The van der Waals surface area contributed by atoms with Gasteiger partial charge in [0.15, 0.2) is 11.5 Å². The number of nitrogens with two attached hydrogens (primary N) is 1. The third-order valence-corrected chi connectivity index (χ3v) is 3.15. The van der Waals surface area contributed by atoms with Crippen molar-refractivity contribution in [3.63, 3.8) is 0 Å². The zero-order valence-corrected chi connectivity index (χ0v) is 13.0. The SMILES string of the molecule is COc1cc(CN(C)CC(C)(C)CN)ccc1OC(F)F. The Morgan fingerprint density at radius 1 is 1.29 bits per heavy atom. The third-order valence-electron chi connectivity index (χ3n) is 3.15. The van der Waals surface area contributed by atoms with E-state index < -0.39 is 6.61 Å². The van der Waals surface area contributed by atoms with Crippen molar-refractivity contribution >= 4 is 0 Å². The highest BCUT2D eigenvalue weighted by Gasteiger charge is 2.18. The zero-order chi connectivity index (χ0) is 16.0. The van der Waals surface area contributed by atoms with Gasteiger partial charge in [0.2, 0.25) is 0 Å². The predicted molar refractivity (Wildman–Crippen MR) is 78.8 cm³/mol. The van der Waals surface area contributed by atoms with Gasteiger partial charge in [-0.1, -0.05) is 19.9 Å². The Hall–Kier alpha value is -1.40. The van der Waals surface area contributed by atoms with Crippen LogP contribution in [0.3, 0.4) is 0 Å². The van der Waals surface area contributed by atoms with Crippen LogP contribution in [0.25, 0.3) is 0 Å². The summed E-state index contributed by atoms with van der Waals surface area (Å²) in [5.74, 6) is 0.348. The Kier molecular flexibility index (Phi) is 6.36. The van der Waals surface area contributed by atoms with Crippen molar-refractivity contribution in [2.45, 2.75) is 27.0 Å². The lowest BCUT2D eigenvalue weighted by atomic mass is 9.93. The van der Waals surface area contributed by atoms with E-state index in [0.29, 0.717) is 18.8 Å². The molecule has 0 fully saturated rings. The van der Waals surface area contributed by atoms with Crippen molar-refractivity contribution in [2.24, 2.45) is 11.1 Å². The van der Waals surface area contributed by atoms with Gasteiger partial charge in [-0.15, -0.1) is 0 Å². The van der Waals surface area contributed by atoms with Crippen molar-refractivity contribution in [1.82, 2.24) is 4.90 Å². The molecule has 0 spiro atoms. The summed E-state index contributed by atoms with van der Waals surface area (Å²) >= 11 is 0. The van der Waals surface area contributed by atoms with E-state index in [1.807, 2.05) is 7.05 Å². The fourth-order valence-corrected chi connectivity index (χ4v) is 2.17. The quantitative estimate of drug-likeness (QED) is 0.802. The Bertz CT molecular complexity index is 453. The fourth-order valence-electron chi connectivity index (χ4n) is 2.17. The lowest BCUT2D eigenvalue weighted by Gasteiger charge is -2.29. The summed E-state index contributed by atoms with van der Waals surface area (Å²) in [5.41, 5.74) is 6.71. The minimum Gasteiger partial charge on any atom is -0.493 e. The Balaban J connectivity index is 2.76. The molecule has 0 bridgehead atoms. The van der Waals surface area contributed by atoms with Gasteiger partial charge in [0, 0.05) is 13.1 Å². The lowest BCUT2D eigenvalue weighted by molar-refractivity contribution is -0.0512. The largest absolute Gasteiger partial charge is 0.493 e. The van der Waals surface area contributed by atoms with E-state index in [-0.39, 0.29) is 11.2 Å². The smallest absolute Gasteiger partial charge is 0.387 e. The van der Waals surface area contributed by atoms with Crippen molar-refractivity contribution in [1.29, 1.82) is 0 Å². The van der Waals surface area contributed by atoms with Gasteiger partial charge in [-0.2, -0.15) is 8.78 Å². The molecule has 120 valence electrons. The molecule has 0 aliphatic heterocycles. The third kappa shape index (κ3) is 5.85. The van der Waals surface area contributed by atoms with Crippen molar-refractivity contribution in [2.75, 3.05) is 27.2 Å². The van der Waals surface area contributed by atoms with Crippen LogP contribution in [0.2, 0.25) is 0 Å². The van der Waals surface area contributed by atoms with Crippen LogP contribution in [-0.2, 0) is 6.54 Å². The summed E-state index contributed by atoms with van der Waals surface area (Å²) in [6.45, 7) is 3.45. The van der Waals surface area contributed by atoms with Crippen LogP contribution in [-0.4, -0.2) is 38.8 Å². The summed E-state index contributed by atoms with van der Waals surface area (Å²) in [7, 11) is 3.42. The van der Waals surface area contributed by atoms with Crippen LogP contribution in [0.15, 0.2) is 18.2 Å². The second-order valence-corrected chi connectivity index (χ2v) is 5.90. The molecule has 0 atom stereocenters. The van der Waals surface area contributed by atoms with Crippen LogP contribution in [0.4, 0.5) is 8.78 Å². The lowest BCUT2D eigenvalue weighted by Crippen LogP contribution is -2.36. The van der Waals surface area contributed by atoms with Crippen LogP contribution >= 0.6 is 0 Å². The maximum absolute atomic E-state index is 12.3. The van der Waals surface area contributed by atoms with Crippen molar-refractivity contribution < 1.29 is 18.3 Å². The van der Waals surface area contributed by atoms with E-state index in [9.17, 15) is 8.78 Å². The molecule has 6 heteroatoms. The standard InChI is InChI=1S/C15H24F2N2O2/c1-15(2,9-18)10-19(3)8-11-5-6-12(21-14(16)17)13(7-11)20-4/h5-7,14H,8-10,18H2,1-4H3. The molecule has 21 heavy (non-hydrogen) atoms. The number of hydrogen-bond acceptors (Lipinski definition) is 4. The van der Waals surface area contributed by atoms with Gasteiger partial charge in [0.05, 0.1) is 7.11 Å². The predicted octanol–water partition coefficient (Wildman–Crippen LogP) is 2.71. The minimum absolute atomic E-state index is 0.0254. The summed E-state index contributed by atoms with van der Waals surface area (Å²) in [5, 5.41) is 0. The average molecular weight is 302 g/mol. The van der Waals surface area contributed by atoms with Gasteiger partial charge in [-0.3, -0.25) is 0 Å². The highest BCUT2D eigenvalue weighted by molar-refractivity contribution is 5.43. The molecule has 1 aromatic rings. The normalized spacial score (nSPS) is 12.0. The fraction of sp³-hybridized carbons (Fsp3) is 0.600. The first kappa shape index (κ1) is 17.7. The summed E-state index contributed by atoms with van der Waals surface area (Å²) in [4.78, 5) is 2.13. The number of alkyl halides is 2. The van der Waals surface area contributed by atoms with Gasteiger partial charge >= 0.3 is 6.61 Å². The number of nitrogens with zero attached hydrogens (tertiary/aromatic N) is 1. The Morgan fingerprint density at radius 3 is 2.48 bits per heavy atom. The first-order valence-electron chi connectivity index (χ1n) is 6.78. The molecular formula is C15H24F2N2O2. The molecule has 0 aliphatic carbocycles. The number of ether oxygens (including phenoxy) is 2. The first-order chi connectivity index (χ1) is 9.77. The molecule has 0 saturated carbocycles. The van der Waals surface area contributed by atoms with E-state index in [0.717, 1.165) is 12.1 Å². The second kappa shape index (κ2) is 7.56. The Labute approximate surface area is 124 Å². The maximum Gasteiger partial charge on any atom is 0.387 e. The molecule has 0 heterocycles. The molecule has 2 N–H and O–H groups in total. The van der Waals surface area contributed by atoms with E-state index >= 15 is 0 Å². The highest BCUT2D eigenvalue weighted by Crippen LogP contribution is 2.30. The minimum atomic E-state index is -2.86. The number of benzene rings is 1. The molecule has 0 aromatic heterocycles. The van der Waals surface area contributed by atoms with Crippen LogP contribution in [0, 0.1) is 5.41 Å². The highest BCUT2D eigenvalue weighted by atomic mass is 19.3. The van der Waals surface area contributed by atoms with E-state index in [2.05, 4.69) is 23.5 Å². The van der Waals surface area contributed by atoms with Gasteiger partial charge in [-0.05, 0) is 36.7 Å². The number of methoxy groups -OCH3 is 1. The summed E-state index contributed by atoms with van der Waals surface area (Å²) < 4.78 is 34.0. The topological polar surface area (TPSA) is 47.7 Å². The van der Waals surface area contributed by atoms with E-state index in [4.69, 9.17) is 10.5 Å². The summed E-state index contributed by atoms with van der Waals surface area (Å²) in [6, 6.07) is 4.97. The summed E-state index contributed by atoms with van der Waals surface area (Å²) in [6.07, 6.45) is 0. The number of rotatable bonds is 8. The van der Waals surface area contributed by atoms with Crippen LogP contribution in [0.1, 0.15) is 19.4 Å². The zero-order valence-electron chi connectivity index (χ0n) is 13.0. The molecule has 0 unspecified atom stereocenters. The monoisotopic (exact) mass is 302 g/mol. The van der Waals surface area contributed by atoms with Crippen molar-refractivity contribution in [3.8, 4) is 11.5 Å². The molecule has 4 nitrogen and oxygen atoms in total. The van der Waals surface area contributed by atoms with Gasteiger partial charge < -0.3 is 20.1 Å². The van der Waals surface area contributed by atoms with E-state index in [1.165, 1.54) is 13.2 Å². The maximum atomic E-state index is 12.3. The van der Waals surface area contributed by atoms with Gasteiger partial charge in [0.1, 0.15) is 0 Å². The molecule has 0 saturated heterocycles. The number of hydrogen-bond donors (Lipinski definition) is 1. The second-order valence-electron chi connectivity index (χ2n) is 5.90. The number of halogens is 2. The van der Waals surface area contributed by atoms with E-state index in [1.54, 1.807) is 12.1 Å². The van der Waals surface area contributed by atoms with Crippen LogP contribution < -0.4 is 15.2 Å². The first-order valence-corrected chi connectivity index (χ1v) is 6.78. The van der Waals surface area contributed by atoms with Crippen LogP contribution in [0.5, 0.6) is 11.5 Å². The van der Waals surface area contributed by atoms with Gasteiger partial charge in [0.25, 0.3) is 0 Å². The molecule has 0 aliphatic rings.